The standard InChI is InChI=1S/C16H18ClNO2/c1-9(2)8-20-16(19)13-7-10(3)18-15-11(4)14(17)6-5-12(13)15/h5-7,9H,8H2,1-4H3. The number of ether oxygens (including phenoxy) is 1. The van der Waals surface area contributed by atoms with Gasteiger partial charge in [0.25, 0.3) is 0 Å². The number of nitrogens with zero attached hydrogens (tertiary/aromatic N) is 1. The van der Waals surface area contributed by atoms with Crippen molar-refractivity contribution in [2.75, 3.05) is 6.61 Å². The molecule has 0 amide bonds. The van der Waals surface area contributed by atoms with Crippen LogP contribution in [0.2, 0.25) is 5.02 Å². The van der Waals surface area contributed by atoms with Crippen LogP contribution in [-0.4, -0.2) is 17.6 Å². The highest BCUT2D eigenvalue weighted by Crippen LogP contribution is 2.27. The van der Waals surface area contributed by atoms with Crippen LogP contribution in [-0.2, 0) is 4.74 Å². The number of carbonyl (C=O) groups is 1. The second-order valence-electron chi connectivity index (χ2n) is 5.37. The quantitative estimate of drug-likeness (QED) is 0.791. The van der Waals surface area contributed by atoms with Crippen LogP contribution in [0.15, 0.2) is 18.2 Å². The number of aryl methyl sites for hydroxylation is 2. The van der Waals surface area contributed by atoms with E-state index in [2.05, 4.69) is 4.98 Å². The van der Waals surface area contributed by atoms with Gasteiger partial charge >= 0.3 is 5.97 Å². The van der Waals surface area contributed by atoms with E-state index in [1.54, 1.807) is 12.1 Å². The largest absolute Gasteiger partial charge is 0.462 e. The summed E-state index contributed by atoms with van der Waals surface area (Å²) >= 11 is 6.12. The first-order chi connectivity index (χ1) is 9.40. The number of carbonyl (C=O) groups excluding carboxylic acids is 1. The Morgan fingerprint density at radius 1 is 1.35 bits per heavy atom. The number of hydrogen-bond acceptors (Lipinski definition) is 3. The van der Waals surface area contributed by atoms with E-state index in [4.69, 9.17) is 16.3 Å². The molecule has 2 aromatic rings. The van der Waals surface area contributed by atoms with Gasteiger partial charge in [-0.05, 0) is 37.5 Å². The molecule has 1 aromatic heterocycles. The predicted octanol–water partition coefficient (Wildman–Crippen LogP) is 4.32. The molecule has 1 aromatic carbocycles. The fourth-order valence-electron chi connectivity index (χ4n) is 2.02. The normalized spacial score (nSPS) is 11.1. The van der Waals surface area contributed by atoms with Gasteiger partial charge in [0.1, 0.15) is 0 Å². The van der Waals surface area contributed by atoms with Crippen LogP contribution in [0.4, 0.5) is 0 Å². The molecule has 0 aliphatic carbocycles. The lowest BCUT2D eigenvalue weighted by molar-refractivity contribution is 0.0461. The third-order valence-corrected chi connectivity index (χ3v) is 3.47. The fourth-order valence-corrected chi connectivity index (χ4v) is 2.17. The Labute approximate surface area is 123 Å². The zero-order valence-corrected chi connectivity index (χ0v) is 12.9. The van der Waals surface area contributed by atoms with Crippen molar-refractivity contribution in [3.05, 3.63) is 40.0 Å². The topological polar surface area (TPSA) is 39.2 Å². The number of fused-ring (bicyclic) bond motifs is 1. The zero-order chi connectivity index (χ0) is 14.9. The van der Waals surface area contributed by atoms with Crippen LogP contribution in [0.25, 0.3) is 10.9 Å². The molecule has 0 unspecified atom stereocenters. The van der Waals surface area contributed by atoms with E-state index < -0.39 is 0 Å². The predicted molar refractivity (Wildman–Crippen MR) is 81.3 cm³/mol. The molecule has 0 aliphatic rings. The van der Waals surface area contributed by atoms with Gasteiger partial charge in [-0.1, -0.05) is 31.5 Å². The molecular weight excluding hydrogens is 274 g/mol. The molecule has 0 spiro atoms. The van der Waals surface area contributed by atoms with Crippen molar-refractivity contribution < 1.29 is 9.53 Å². The molecule has 0 fully saturated rings. The average molecular weight is 292 g/mol. The second-order valence-corrected chi connectivity index (χ2v) is 5.78. The van der Waals surface area contributed by atoms with Crippen molar-refractivity contribution in [2.45, 2.75) is 27.7 Å². The lowest BCUT2D eigenvalue weighted by Gasteiger charge is -2.11. The van der Waals surface area contributed by atoms with Gasteiger partial charge in [0.05, 0.1) is 17.7 Å². The monoisotopic (exact) mass is 291 g/mol. The van der Waals surface area contributed by atoms with Gasteiger partial charge in [0.2, 0.25) is 0 Å². The highest BCUT2D eigenvalue weighted by atomic mass is 35.5. The molecule has 0 bridgehead atoms. The first kappa shape index (κ1) is 14.8. The van der Waals surface area contributed by atoms with Crippen LogP contribution >= 0.6 is 11.6 Å². The van der Waals surface area contributed by atoms with Crippen molar-refractivity contribution in [3.8, 4) is 0 Å². The summed E-state index contributed by atoms with van der Waals surface area (Å²) in [6.45, 7) is 8.19. The van der Waals surface area contributed by atoms with Gasteiger partial charge in [-0.2, -0.15) is 0 Å². The van der Waals surface area contributed by atoms with Crippen molar-refractivity contribution >= 4 is 28.5 Å². The van der Waals surface area contributed by atoms with Crippen molar-refractivity contribution in [1.82, 2.24) is 4.98 Å². The number of hydrogen-bond donors (Lipinski definition) is 0. The molecule has 106 valence electrons. The zero-order valence-electron chi connectivity index (χ0n) is 12.2. The van der Waals surface area contributed by atoms with Gasteiger partial charge in [0, 0.05) is 16.1 Å². The molecule has 3 nitrogen and oxygen atoms in total. The number of benzene rings is 1. The van der Waals surface area contributed by atoms with E-state index in [0.717, 1.165) is 22.2 Å². The Hall–Kier alpha value is -1.61. The van der Waals surface area contributed by atoms with E-state index in [1.807, 2.05) is 33.8 Å². The molecule has 0 radical (unpaired) electrons. The average Bonchev–Trinajstić information content (AvgIpc) is 2.40. The van der Waals surface area contributed by atoms with Gasteiger partial charge in [-0.15, -0.1) is 0 Å². The first-order valence-electron chi connectivity index (χ1n) is 6.63. The Morgan fingerprint density at radius 3 is 2.70 bits per heavy atom. The molecule has 1 heterocycles. The molecule has 0 saturated carbocycles. The van der Waals surface area contributed by atoms with E-state index in [1.165, 1.54) is 0 Å². The maximum Gasteiger partial charge on any atom is 0.338 e. The molecule has 0 atom stereocenters. The summed E-state index contributed by atoms with van der Waals surface area (Å²) in [5.41, 5.74) is 2.96. The van der Waals surface area contributed by atoms with Crippen LogP contribution in [0.3, 0.4) is 0 Å². The molecule has 4 heteroatoms. The molecular formula is C16H18ClNO2. The van der Waals surface area contributed by atoms with Crippen LogP contribution in [0.5, 0.6) is 0 Å². The first-order valence-corrected chi connectivity index (χ1v) is 7.01. The van der Waals surface area contributed by atoms with Crippen LogP contribution in [0.1, 0.15) is 35.5 Å². The Morgan fingerprint density at radius 2 is 2.05 bits per heavy atom. The minimum absolute atomic E-state index is 0.309. The van der Waals surface area contributed by atoms with Gasteiger partial charge in [0.15, 0.2) is 0 Å². The number of esters is 1. The summed E-state index contributed by atoms with van der Waals surface area (Å²) in [7, 11) is 0. The summed E-state index contributed by atoms with van der Waals surface area (Å²) < 4.78 is 5.32. The lowest BCUT2D eigenvalue weighted by Crippen LogP contribution is -2.11. The van der Waals surface area contributed by atoms with Gasteiger partial charge < -0.3 is 4.74 Å². The van der Waals surface area contributed by atoms with Crippen LogP contribution < -0.4 is 0 Å². The van der Waals surface area contributed by atoms with E-state index >= 15 is 0 Å². The maximum absolute atomic E-state index is 12.2. The molecule has 0 N–H and O–H groups in total. The Kier molecular flexibility index (Phi) is 4.29. The SMILES string of the molecule is Cc1cc(C(=O)OCC(C)C)c2ccc(Cl)c(C)c2n1. The number of pyridine rings is 1. The summed E-state index contributed by atoms with van der Waals surface area (Å²) in [5, 5.41) is 1.43. The summed E-state index contributed by atoms with van der Waals surface area (Å²) in [5.74, 6) is 0.000233. The minimum Gasteiger partial charge on any atom is -0.462 e. The van der Waals surface area contributed by atoms with Gasteiger partial charge in [-0.25, -0.2) is 4.79 Å². The number of halogens is 1. The van der Waals surface area contributed by atoms with E-state index in [0.29, 0.717) is 23.1 Å². The second kappa shape index (κ2) is 5.80. The highest BCUT2D eigenvalue weighted by molar-refractivity contribution is 6.32. The van der Waals surface area contributed by atoms with E-state index in [9.17, 15) is 4.79 Å². The third-order valence-electron chi connectivity index (χ3n) is 3.06. The van der Waals surface area contributed by atoms with Crippen molar-refractivity contribution in [2.24, 2.45) is 5.92 Å². The van der Waals surface area contributed by atoms with E-state index in [-0.39, 0.29) is 5.97 Å². The third kappa shape index (κ3) is 2.93. The number of rotatable bonds is 3. The van der Waals surface area contributed by atoms with Gasteiger partial charge in [-0.3, -0.25) is 4.98 Å². The van der Waals surface area contributed by atoms with Crippen molar-refractivity contribution in [3.63, 3.8) is 0 Å². The highest BCUT2D eigenvalue weighted by Gasteiger charge is 2.16. The Bertz CT molecular complexity index is 665. The number of aromatic nitrogens is 1. The molecule has 0 aliphatic heterocycles. The fraction of sp³-hybridized carbons (Fsp3) is 0.375. The molecule has 2 rings (SSSR count). The smallest absolute Gasteiger partial charge is 0.338 e. The summed E-state index contributed by atoms with van der Waals surface area (Å²) in [6.07, 6.45) is 0. The maximum atomic E-state index is 12.2. The van der Waals surface area contributed by atoms with Crippen LogP contribution in [0, 0.1) is 19.8 Å². The minimum atomic E-state index is -0.309. The summed E-state index contributed by atoms with van der Waals surface area (Å²) in [6, 6.07) is 5.37. The molecule has 20 heavy (non-hydrogen) atoms. The van der Waals surface area contributed by atoms with Crippen molar-refractivity contribution in [1.29, 1.82) is 0 Å². The lowest BCUT2D eigenvalue weighted by atomic mass is 10.0. The summed E-state index contributed by atoms with van der Waals surface area (Å²) in [4.78, 5) is 16.7. The Balaban J connectivity index is 2.53. The molecule has 0 saturated heterocycles.